The minimum absolute atomic E-state index is 0.0438. The van der Waals surface area contributed by atoms with Crippen LogP contribution in [0.5, 0.6) is 0 Å². The first kappa shape index (κ1) is 17.4. The van der Waals surface area contributed by atoms with Crippen molar-refractivity contribution in [1.29, 1.82) is 0 Å². The highest BCUT2D eigenvalue weighted by molar-refractivity contribution is 5.44. The molecule has 2 fully saturated rings. The first-order valence-corrected chi connectivity index (χ1v) is 9.05. The molecule has 2 aliphatic rings. The van der Waals surface area contributed by atoms with Crippen LogP contribution in [0.3, 0.4) is 0 Å². The molecule has 7 heteroatoms. The fourth-order valence-corrected chi connectivity index (χ4v) is 2.89. The molecule has 7 nitrogen and oxygen atoms in total. The topological polar surface area (TPSA) is 76.6 Å². The summed E-state index contributed by atoms with van der Waals surface area (Å²) >= 11 is 0. The summed E-state index contributed by atoms with van der Waals surface area (Å²) in [7, 11) is 2.18. The first-order chi connectivity index (χ1) is 11.6. The van der Waals surface area contributed by atoms with E-state index in [1.165, 1.54) is 12.8 Å². The summed E-state index contributed by atoms with van der Waals surface area (Å²) < 4.78 is 0. The van der Waals surface area contributed by atoms with Gasteiger partial charge >= 0.3 is 0 Å². The van der Waals surface area contributed by atoms with Crippen LogP contribution < -0.4 is 10.6 Å². The van der Waals surface area contributed by atoms with Gasteiger partial charge in [-0.1, -0.05) is 0 Å². The van der Waals surface area contributed by atoms with E-state index in [0.717, 1.165) is 50.8 Å². The summed E-state index contributed by atoms with van der Waals surface area (Å²) in [5, 5.41) is 15.8. The molecule has 1 aliphatic heterocycles. The Balaban J connectivity index is 1.55. The van der Waals surface area contributed by atoms with Crippen LogP contribution in [0.25, 0.3) is 0 Å². The Bertz CT molecular complexity index is 528. The Hall–Kier alpha value is -1.44. The third kappa shape index (κ3) is 5.03. The first-order valence-electron chi connectivity index (χ1n) is 9.05. The molecule has 0 aromatic carbocycles. The molecule has 3 rings (SSSR count). The van der Waals surface area contributed by atoms with Crippen molar-refractivity contribution >= 4 is 11.8 Å². The fourth-order valence-electron chi connectivity index (χ4n) is 2.89. The molecule has 1 atom stereocenters. The Morgan fingerprint density at radius 2 is 2.00 bits per heavy atom. The zero-order valence-corrected chi connectivity index (χ0v) is 14.8. The molecule has 0 radical (unpaired) electrons. The van der Waals surface area contributed by atoms with Crippen LogP contribution in [-0.2, 0) is 0 Å². The second-order valence-electron chi connectivity index (χ2n) is 7.08. The molecule has 1 saturated heterocycles. The van der Waals surface area contributed by atoms with E-state index in [-0.39, 0.29) is 12.6 Å². The summed E-state index contributed by atoms with van der Waals surface area (Å²) in [5.74, 6) is 2.08. The van der Waals surface area contributed by atoms with Gasteiger partial charge in [-0.25, -0.2) is 4.98 Å². The van der Waals surface area contributed by atoms with Gasteiger partial charge in [-0.15, -0.1) is 0 Å². The summed E-state index contributed by atoms with van der Waals surface area (Å²) in [6.45, 7) is 8.48. The highest BCUT2D eigenvalue weighted by Crippen LogP contribution is 2.39. The SMILES string of the molecule is C[C@H](CO)Nc1nc(NCCN2CCN(C)CC2)cc(C2CC2)n1. The number of aliphatic hydroxyl groups is 1. The average Bonchev–Trinajstić information content (AvgIpc) is 3.41. The number of aromatic nitrogens is 2. The van der Waals surface area contributed by atoms with Crippen LogP contribution in [-0.4, -0.2) is 83.8 Å². The number of hydrogen-bond donors (Lipinski definition) is 3. The number of piperazine rings is 1. The van der Waals surface area contributed by atoms with Crippen LogP contribution in [0.4, 0.5) is 11.8 Å². The monoisotopic (exact) mass is 334 g/mol. The normalized spacial score (nSPS) is 20.8. The molecule has 1 aliphatic carbocycles. The Kier molecular flexibility index (Phi) is 5.86. The van der Waals surface area contributed by atoms with Crippen molar-refractivity contribution in [1.82, 2.24) is 19.8 Å². The predicted molar refractivity (Wildman–Crippen MR) is 96.6 cm³/mol. The van der Waals surface area contributed by atoms with E-state index in [0.29, 0.717) is 11.9 Å². The fraction of sp³-hybridized carbons (Fsp3) is 0.765. The zero-order valence-electron chi connectivity index (χ0n) is 14.8. The van der Waals surface area contributed by atoms with Crippen molar-refractivity contribution in [3.63, 3.8) is 0 Å². The van der Waals surface area contributed by atoms with Crippen LogP contribution in [0.2, 0.25) is 0 Å². The smallest absolute Gasteiger partial charge is 0.225 e. The largest absolute Gasteiger partial charge is 0.394 e. The summed E-state index contributed by atoms with van der Waals surface area (Å²) in [5.41, 5.74) is 1.11. The molecule has 1 aromatic rings. The van der Waals surface area contributed by atoms with Gasteiger partial charge in [0.05, 0.1) is 12.3 Å². The van der Waals surface area contributed by atoms with Gasteiger partial charge in [-0.05, 0) is 26.8 Å². The zero-order chi connectivity index (χ0) is 16.9. The van der Waals surface area contributed by atoms with Crippen LogP contribution in [0.15, 0.2) is 6.07 Å². The van der Waals surface area contributed by atoms with E-state index >= 15 is 0 Å². The lowest BCUT2D eigenvalue weighted by molar-refractivity contribution is 0.158. The van der Waals surface area contributed by atoms with E-state index in [1.54, 1.807) is 0 Å². The van der Waals surface area contributed by atoms with Crippen molar-refractivity contribution in [3.8, 4) is 0 Å². The molecule has 24 heavy (non-hydrogen) atoms. The molecular formula is C17H30N6O. The van der Waals surface area contributed by atoms with Crippen LogP contribution in [0, 0.1) is 0 Å². The van der Waals surface area contributed by atoms with Gasteiger partial charge in [0.1, 0.15) is 5.82 Å². The predicted octanol–water partition coefficient (Wildman–Crippen LogP) is 0.806. The molecule has 1 aromatic heterocycles. The van der Waals surface area contributed by atoms with Crippen molar-refractivity contribution in [2.24, 2.45) is 0 Å². The summed E-state index contributed by atoms with van der Waals surface area (Å²) in [4.78, 5) is 14.0. The highest BCUT2D eigenvalue weighted by Gasteiger charge is 2.26. The van der Waals surface area contributed by atoms with E-state index in [1.807, 2.05) is 6.92 Å². The number of rotatable bonds is 8. The lowest BCUT2D eigenvalue weighted by atomic mass is 10.2. The molecule has 0 amide bonds. The van der Waals surface area contributed by atoms with E-state index in [9.17, 15) is 5.11 Å². The third-order valence-corrected chi connectivity index (χ3v) is 4.72. The molecular weight excluding hydrogens is 304 g/mol. The highest BCUT2D eigenvalue weighted by atomic mass is 16.3. The minimum atomic E-state index is -0.0438. The Morgan fingerprint density at radius 3 is 2.67 bits per heavy atom. The van der Waals surface area contributed by atoms with Gasteiger partial charge in [0.25, 0.3) is 0 Å². The molecule has 0 spiro atoms. The van der Waals surface area contributed by atoms with Crippen LogP contribution in [0.1, 0.15) is 31.4 Å². The van der Waals surface area contributed by atoms with Crippen LogP contribution >= 0.6 is 0 Å². The number of anilines is 2. The minimum Gasteiger partial charge on any atom is -0.394 e. The lowest BCUT2D eigenvalue weighted by Gasteiger charge is -2.32. The molecule has 0 unspecified atom stereocenters. The summed E-state index contributed by atoms with van der Waals surface area (Å²) in [6.07, 6.45) is 2.43. The number of nitrogens with zero attached hydrogens (tertiary/aromatic N) is 4. The quantitative estimate of drug-likeness (QED) is 0.649. The lowest BCUT2D eigenvalue weighted by Crippen LogP contribution is -2.45. The maximum atomic E-state index is 9.22. The number of likely N-dealkylation sites (N-methyl/N-ethyl adjacent to an activating group) is 1. The molecule has 1 saturated carbocycles. The standard InChI is InChI=1S/C17H30N6O/c1-13(12-24)19-17-20-15(14-3-4-14)11-16(21-17)18-5-6-23-9-7-22(2)8-10-23/h11,13-14,24H,3-10,12H2,1-2H3,(H2,18,19,20,21)/t13-/m1/s1. The maximum absolute atomic E-state index is 9.22. The second-order valence-corrected chi connectivity index (χ2v) is 7.08. The second kappa shape index (κ2) is 8.09. The molecule has 3 N–H and O–H groups in total. The van der Waals surface area contributed by atoms with Crippen molar-refractivity contribution < 1.29 is 5.11 Å². The number of hydrogen-bond acceptors (Lipinski definition) is 7. The average molecular weight is 334 g/mol. The van der Waals surface area contributed by atoms with Gasteiger partial charge in [0.2, 0.25) is 5.95 Å². The number of nitrogens with one attached hydrogen (secondary N) is 2. The van der Waals surface area contributed by atoms with E-state index < -0.39 is 0 Å². The summed E-state index contributed by atoms with van der Waals surface area (Å²) in [6, 6.07) is 2.04. The Morgan fingerprint density at radius 1 is 1.25 bits per heavy atom. The van der Waals surface area contributed by atoms with Crippen molar-refractivity contribution in [2.75, 3.05) is 63.6 Å². The maximum Gasteiger partial charge on any atom is 0.225 e. The van der Waals surface area contributed by atoms with E-state index in [4.69, 9.17) is 0 Å². The molecule has 0 bridgehead atoms. The molecule has 2 heterocycles. The third-order valence-electron chi connectivity index (χ3n) is 4.72. The Labute approximate surface area is 144 Å². The van der Waals surface area contributed by atoms with Gasteiger partial charge in [-0.2, -0.15) is 4.98 Å². The van der Waals surface area contributed by atoms with Crippen molar-refractivity contribution in [3.05, 3.63) is 11.8 Å². The van der Waals surface area contributed by atoms with Crippen molar-refractivity contribution in [2.45, 2.75) is 31.7 Å². The van der Waals surface area contributed by atoms with Gasteiger partial charge in [0, 0.05) is 57.3 Å². The number of aliphatic hydroxyl groups excluding tert-OH is 1. The van der Waals surface area contributed by atoms with Gasteiger partial charge in [-0.3, -0.25) is 4.90 Å². The molecule has 134 valence electrons. The van der Waals surface area contributed by atoms with Gasteiger partial charge in [0.15, 0.2) is 0 Å². The van der Waals surface area contributed by atoms with Gasteiger partial charge < -0.3 is 20.6 Å². The van der Waals surface area contributed by atoms with E-state index in [2.05, 4.69) is 43.5 Å².